The number of methoxy groups -OCH3 is 1. The highest BCUT2D eigenvalue weighted by atomic mass is 16.6. The number of allylic oxidation sites excluding steroid dienone is 1. The molecule has 0 heterocycles. The molecule has 4 unspecified atom stereocenters. The summed E-state index contributed by atoms with van der Waals surface area (Å²) in [7, 11) is 1.39. The molecule has 1 saturated carbocycles. The van der Waals surface area contributed by atoms with Crippen molar-refractivity contribution >= 4 is 23.7 Å². The number of ketones is 1. The van der Waals surface area contributed by atoms with E-state index in [0.29, 0.717) is 19.3 Å². The number of ether oxygens (including phenoxy) is 3. The Hall–Kier alpha value is -2.18. The summed E-state index contributed by atoms with van der Waals surface area (Å²) < 4.78 is 15.8. The van der Waals surface area contributed by atoms with Gasteiger partial charge in [0.05, 0.1) is 7.11 Å². The molecule has 0 amide bonds. The molecule has 0 saturated heterocycles. The van der Waals surface area contributed by atoms with Gasteiger partial charge in [0, 0.05) is 44.9 Å². The molecule has 0 aromatic carbocycles. The third-order valence-corrected chi connectivity index (χ3v) is 5.93. The molecule has 1 aliphatic rings. The first-order chi connectivity index (χ1) is 15.3. The van der Waals surface area contributed by atoms with Crippen molar-refractivity contribution in [1.82, 2.24) is 0 Å². The summed E-state index contributed by atoms with van der Waals surface area (Å²) in [5.41, 5.74) is 0. The Bertz CT molecular complexity index is 640. The van der Waals surface area contributed by atoms with Crippen LogP contribution in [-0.2, 0) is 33.4 Å². The highest BCUT2D eigenvalue weighted by Gasteiger charge is 2.45. The van der Waals surface area contributed by atoms with Crippen LogP contribution in [0.5, 0.6) is 0 Å². The second-order valence-corrected chi connectivity index (χ2v) is 8.58. The van der Waals surface area contributed by atoms with Crippen LogP contribution < -0.4 is 0 Å². The van der Waals surface area contributed by atoms with Crippen LogP contribution in [0.3, 0.4) is 0 Å². The first-order valence-corrected chi connectivity index (χ1v) is 11.9. The minimum atomic E-state index is -0.416. The molecule has 0 aromatic rings. The normalized spacial score (nSPS) is 22.6. The summed E-state index contributed by atoms with van der Waals surface area (Å²) in [4.78, 5) is 46.8. The van der Waals surface area contributed by atoms with E-state index in [9.17, 15) is 19.2 Å². The second kappa shape index (κ2) is 15.6. The zero-order chi connectivity index (χ0) is 23.9. The molecular formula is C25H40O7. The molecule has 1 aliphatic carbocycles. The van der Waals surface area contributed by atoms with E-state index in [2.05, 4.69) is 11.7 Å². The molecule has 0 radical (unpaired) electrons. The Labute approximate surface area is 192 Å². The Morgan fingerprint density at radius 2 is 1.47 bits per heavy atom. The zero-order valence-electron chi connectivity index (χ0n) is 20.1. The highest BCUT2D eigenvalue weighted by molar-refractivity contribution is 5.89. The van der Waals surface area contributed by atoms with Gasteiger partial charge < -0.3 is 14.2 Å². The Morgan fingerprint density at radius 1 is 0.844 bits per heavy atom. The van der Waals surface area contributed by atoms with E-state index >= 15 is 0 Å². The van der Waals surface area contributed by atoms with E-state index in [1.165, 1.54) is 21.0 Å². The minimum absolute atomic E-state index is 0.0245. The van der Waals surface area contributed by atoms with Gasteiger partial charge in [0.2, 0.25) is 0 Å². The first kappa shape index (κ1) is 27.9. The third-order valence-electron chi connectivity index (χ3n) is 5.93. The smallest absolute Gasteiger partial charge is 0.305 e. The number of carbonyl (C=O) groups is 4. The zero-order valence-corrected chi connectivity index (χ0v) is 20.1. The maximum absolute atomic E-state index is 12.3. The predicted molar refractivity (Wildman–Crippen MR) is 121 cm³/mol. The SMILES string of the molecule is CCCCCC(=O)C=CC1C(OC(C)=O)CC(OC(C)=O)C1CCCCCCC(=O)OC. The fourth-order valence-corrected chi connectivity index (χ4v) is 4.37. The number of rotatable bonds is 15. The van der Waals surface area contributed by atoms with E-state index in [1.807, 2.05) is 6.08 Å². The molecule has 0 aromatic heterocycles. The summed E-state index contributed by atoms with van der Waals surface area (Å²) in [6, 6.07) is 0. The summed E-state index contributed by atoms with van der Waals surface area (Å²) in [6.45, 7) is 4.84. The maximum Gasteiger partial charge on any atom is 0.305 e. The molecular weight excluding hydrogens is 412 g/mol. The van der Waals surface area contributed by atoms with Crippen molar-refractivity contribution in [3.8, 4) is 0 Å². The molecule has 7 nitrogen and oxygen atoms in total. The van der Waals surface area contributed by atoms with Gasteiger partial charge in [-0.2, -0.15) is 0 Å². The van der Waals surface area contributed by atoms with Crippen LogP contribution >= 0.6 is 0 Å². The summed E-state index contributed by atoms with van der Waals surface area (Å²) in [5, 5.41) is 0. The van der Waals surface area contributed by atoms with Crippen molar-refractivity contribution in [2.45, 2.75) is 104 Å². The molecule has 7 heteroatoms. The van der Waals surface area contributed by atoms with Gasteiger partial charge in [-0.25, -0.2) is 0 Å². The van der Waals surface area contributed by atoms with Crippen molar-refractivity contribution in [3.63, 3.8) is 0 Å². The van der Waals surface area contributed by atoms with Gasteiger partial charge in [-0.1, -0.05) is 45.1 Å². The van der Waals surface area contributed by atoms with Crippen LogP contribution in [0.25, 0.3) is 0 Å². The average molecular weight is 453 g/mol. The van der Waals surface area contributed by atoms with Crippen LogP contribution in [0.4, 0.5) is 0 Å². The van der Waals surface area contributed by atoms with Gasteiger partial charge in [-0.05, 0) is 25.3 Å². The van der Waals surface area contributed by atoms with Crippen LogP contribution in [0, 0.1) is 11.8 Å². The largest absolute Gasteiger partial charge is 0.469 e. The van der Waals surface area contributed by atoms with E-state index in [-0.39, 0.29) is 41.6 Å². The molecule has 0 bridgehead atoms. The summed E-state index contributed by atoms with van der Waals surface area (Å²) in [6.07, 6.45) is 11.3. The molecule has 182 valence electrons. The fraction of sp³-hybridized carbons (Fsp3) is 0.760. The Balaban J connectivity index is 2.79. The van der Waals surface area contributed by atoms with Crippen molar-refractivity contribution in [2.24, 2.45) is 11.8 Å². The topological polar surface area (TPSA) is 96.0 Å². The summed E-state index contributed by atoms with van der Waals surface area (Å²) in [5.74, 6) is -1.07. The minimum Gasteiger partial charge on any atom is -0.469 e. The number of carbonyl (C=O) groups excluding carboxylic acids is 4. The van der Waals surface area contributed by atoms with Gasteiger partial charge in [0.1, 0.15) is 12.2 Å². The van der Waals surface area contributed by atoms with Gasteiger partial charge in [0.15, 0.2) is 5.78 Å². The van der Waals surface area contributed by atoms with Crippen LogP contribution in [-0.4, -0.2) is 43.0 Å². The van der Waals surface area contributed by atoms with Crippen molar-refractivity contribution in [1.29, 1.82) is 0 Å². The maximum atomic E-state index is 12.3. The third kappa shape index (κ3) is 10.9. The molecule has 32 heavy (non-hydrogen) atoms. The van der Waals surface area contributed by atoms with Gasteiger partial charge in [0.25, 0.3) is 0 Å². The molecule has 4 atom stereocenters. The van der Waals surface area contributed by atoms with Gasteiger partial charge in [-0.15, -0.1) is 0 Å². The number of unbranched alkanes of at least 4 members (excludes halogenated alkanes) is 5. The predicted octanol–water partition coefficient (Wildman–Crippen LogP) is 4.71. The quantitative estimate of drug-likeness (QED) is 0.154. The molecule has 0 spiro atoms. The Morgan fingerprint density at radius 3 is 2.09 bits per heavy atom. The van der Waals surface area contributed by atoms with Gasteiger partial charge in [-0.3, -0.25) is 19.2 Å². The molecule has 1 rings (SSSR count). The lowest BCUT2D eigenvalue weighted by molar-refractivity contribution is -0.149. The lowest BCUT2D eigenvalue weighted by Crippen LogP contribution is -2.25. The number of hydrogen-bond donors (Lipinski definition) is 0. The highest BCUT2D eigenvalue weighted by Crippen LogP contribution is 2.40. The average Bonchev–Trinajstić information content (AvgIpc) is 3.03. The molecule has 1 fully saturated rings. The number of hydrogen-bond acceptors (Lipinski definition) is 7. The summed E-state index contributed by atoms with van der Waals surface area (Å²) >= 11 is 0. The fourth-order valence-electron chi connectivity index (χ4n) is 4.37. The monoisotopic (exact) mass is 452 g/mol. The lowest BCUT2D eigenvalue weighted by Gasteiger charge is -2.24. The van der Waals surface area contributed by atoms with Gasteiger partial charge >= 0.3 is 17.9 Å². The van der Waals surface area contributed by atoms with Crippen LogP contribution in [0.1, 0.15) is 91.4 Å². The molecule has 0 N–H and O–H groups in total. The lowest BCUT2D eigenvalue weighted by atomic mass is 9.87. The second-order valence-electron chi connectivity index (χ2n) is 8.58. The van der Waals surface area contributed by atoms with E-state index in [1.54, 1.807) is 6.08 Å². The van der Waals surface area contributed by atoms with Crippen molar-refractivity contribution < 1.29 is 33.4 Å². The van der Waals surface area contributed by atoms with E-state index < -0.39 is 6.10 Å². The number of esters is 3. The van der Waals surface area contributed by atoms with E-state index in [0.717, 1.165) is 51.4 Å². The van der Waals surface area contributed by atoms with Crippen LogP contribution in [0.2, 0.25) is 0 Å². The standard InChI is InChI=1S/C25H40O7/c1-5-6-9-12-20(28)15-16-22-21(13-10-7-8-11-14-25(29)30-4)23(31-18(2)26)17-24(22)32-19(3)27/h15-16,21-24H,5-14,17H2,1-4H3. The van der Waals surface area contributed by atoms with Crippen molar-refractivity contribution in [2.75, 3.05) is 7.11 Å². The first-order valence-electron chi connectivity index (χ1n) is 11.9. The van der Waals surface area contributed by atoms with E-state index in [4.69, 9.17) is 9.47 Å². The van der Waals surface area contributed by atoms with Crippen LogP contribution in [0.15, 0.2) is 12.2 Å². The Kier molecular flexibility index (Phi) is 13.6. The molecule has 0 aliphatic heterocycles. The van der Waals surface area contributed by atoms with Crippen molar-refractivity contribution in [3.05, 3.63) is 12.2 Å².